The summed E-state index contributed by atoms with van der Waals surface area (Å²) in [5.74, 6) is 0.285. The third-order valence-corrected chi connectivity index (χ3v) is 14.0. The Hall–Kier alpha value is -5.90. The molecule has 4 aliphatic carbocycles. The maximum atomic E-state index is 5.03. The number of allylic oxidation sites excluding steroid dienone is 16. The first-order valence-corrected chi connectivity index (χ1v) is 21.3. The highest BCUT2D eigenvalue weighted by molar-refractivity contribution is 7.20. The minimum absolute atomic E-state index is 0.285. The molecule has 3 aromatic carbocycles. The number of aryl methyl sites for hydroxylation is 1. The van der Waals surface area contributed by atoms with Gasteiger partial charge in [-0.05, 0) is 147 Å². The molecule has 3 heterocycles. The van der Waals surface area contributed by atoms with Gasteiger partial charge in [0.1, 0.15) is 0 Å². The van der Waals surface area contributed by atoms with E-state index in [0.29, 0.717) is 0 Å². The third-order valence-electron chi connectivity index (χ3n) is 12.7. The van der Waals surface area contributed by atoms with Gasteiger partial charge in [0.15, 0.2) is 0 Å². The molecule has 2 unspecified atom stereocenters. The van der Waals surface area contributed by atoms with Crippen LogP contribution in [-0.2, 0) is 5.41 Å². The molecule has 1 spiro atoms. The Labute approximate surface area is 340 Å². The second-order valence-corrected chi connectivity index (χ2v) is 16.8. The van der Waals surface area contributed by atoms with Crippen LogP contribution < -0.4 is 0 Å². The van der Waals surface area contributed by atoms with Crippen molar-refractivity contribution in [1.82, 2.24) is 4.98 Å². The van der Waals surface area contributed by atoms with Crippen LogP contribution >= 0.6 is 11.3 Å². The number of aromatic nitrogens is 1. The molecule has 2 aromatic heterocycles. The Morgan fingerprint density at radius 1 is 0.842 bits per heavy atom. The summed E-state index contributed by atoms with van der Waals surface area (Å²) in [5.41, 5.74) is 18.7. The maximum absolute atomic E-state index is 5.03. The summed E-state index contributed by atoms with van der Waals surface area (Å²) in [5, 5.41) is 1.35. The molecule has 10 rings (SSSR count). The normalized spacial score (nSPS) is 23.6. The second kappa shape index (κ2) is 14.6. The summed E-state index contributed by atoms with van der Waals surface area (Å²) < 4.78 is 1.34. The molecule has 57 heavy (non-hydrogen) atoms. The molecular weight excluding hydrogens is 709 g/mol. The van der Waals surface area contributed by atoms with Crippen LogP contribution in [0.4, 0.5) is 0 Å². The molecule has 0 saturated heterocycles. The van der Waals surface area contributed by atoms with Crippen LogP contribution in [0.15, 0.2) is 180 Å². The molecule has 5 aliphatic rings. The topological polar surface area (TPSA) is 25.2 Å². The summed E-state index contributed by atoms with van der Waals surface area (Å²) in [7, 11) is 0. The Bertz CT molecular complexity index is 2770. The highest BCUT2D eigenvalue weighted by atomic mass is 32.1. The molecule has 0 saturated carbocycles. The van der Waals surface area contributed by atoms with Gasteiger partial charge in [0.25, 0.3) is 0 Å². The zero-order valence-electron chi connectivity index (χ0n) is 32.8. The fraction of sp³-hybridized carbons (Fsp3) is 0.185. The van der Waals surface area contributed by atoms with E-state index in [1.807, 2.05) is 23.6 Å². The van der Waals surface area contributed by atoms with Gasteiger partial charge in [0, 0.05) is 40.4 Å². The minimum Gasteiger partial charge on any atom is -0.285 e. The SMILES string of the molecule is C=C1/C=C\C=C/C/C(c2sc3ccccc3c2C)=C(/CC)C12c1cc(C3=CCC(c4ccccn4)C=C3)ccc1-c1ccc(C3=CC=C(C4=NCCC=C4)C3)cc12. The van der Waals surface area contributed by atoms with Gasteiger partial charge in [0.2, 0.25) is 0 Å². The molecular formula is C54H46N2S. The van der Waals surface area contributed by atoms with Crippen molar-refractivity contribution in [2.24, 2.45) is 4.99 Å². The van der Waals surface area contributed by atoms with Crippen molar-refractivity contribution < 1.29 is 0 Å². The van der Waals surface area contributed by atoms with Gasteiger partial charge in [-0.3, -0.25) is 9.98 Å². The molecule has 278 valence electrons. The van der Waals surface area contributed by atoms with Crippen LogP contribution in [0.1, 0.15) is 83.3 Å². The molecule has 0 fully saturated rings. The highest BCUT2D eigenvalue weighted by Gasteiger charge is 2.48. The standard InChI is InChI=1S/C54H46N2S/c1-4-47-46(53-36(3)43-15-8-9-19-52(43)57-53)16-7-5-6-14-35(2)54(47)48-33-40(37-20-22-38(23-21-37)50-17-10-12-30-55-50)26-28-44(48)45-29-27-41(34-49(45)54)39-24-25-42(32-39)51-18-11-13-31-56-51/h5-12,14-15,17-22,24-30,33-34,38H,2,4,13,16,23,31-32H2,1,3H3/b7-5-,14-6-,47-46+. The zero-order valence-corrected chi connectivity index (χ0v) is 33.6. The van der Waals surface area contributed by atoms with Gasteiger partial charge in [0.05, 0.1) is 11.1 Å². The molecule has 2 nitrogen and oxygen atoms in total. The number of thiophene rings is 1. The lowest BCUT2D eigenvalue weighted by molar-refractivity contribution is 0.714. The third kappa shape index (κ3) is 5.91. The number of nitrogens with zero attached hydrogens (tertiary/aromatic N) is 2. The molecule has 0 radical (unpaired) electrons. The number of aliphatic imine (C=N–C) groups is 1. The largest absolute Gasteiger partial charge is 0.285 e. The predicted octanol–water partition coefficient (Wildman–Crippen LogP) is 14.0. The van der Waals surface area contributed by atoms with Gasteiger partial charge in [-0.2, -0.15) is 0 Å². The van der Waals surface area contributed by atoms with E-state index in [1.54, 1.807) is 0 Å². The van der Waals surface area contributed by atoms with Crippen molar-refractivity contribution in [3.05, 3.63) is 214 Å². The molecule has 3 heteroatoms. The van der Waals surface area contributed by atoms with E-state index in [2.05, 4.69) is 158 Å². The fourth-order valence-corrected chi connectivity index (χ4v) is 11.2. The van der Waals surface area contributed by atoms with E-state index in [4.69, 9.17) is 11.6 Å². The Morgan fingerprint density at radius 3 is 2.40 bits per heavy atom. The average Bonchev–Trinajstić information content (AvgIpc) is 3.98. The van der Waals surface area contributed by atoms with E-state index >= 15 is 0 Å². The molecule has 0 N–H and O–H groups in total. The Balaban J connectivity index is 1.17. The van der Waals surface area contributed by atoms with Crippen LogP contribution in [-0.4, -0.2) is 17.2 Å². The van der Waals surface area contributed by atoms with Crippen LogP contribution in [0, 0.1) is 6.92 Å². The highest BCUT2D eigenvalue weighted by Crippen LogP contribution is 2.60. The lowest BCUT2D eigenvalue weighted by Gasteiger charge is -2.38. The first kappa shape index (κ1) is 35.5. The quantitative estimate of drug-likeness (QED) is 0.169. The van der Waals surface area contributed by atoms with Gasteiger partial charge in [-0.1, -0.05) is 123 Å². The van der Waals surface area contributed by atoms with Gasteiger partial charge in [-0.15, -0.1) is 11.3 Å². The zero-order chi connectivity index (χ0) is 38.5. The van der Waals surface area contributed by atoms with E-state index in [0.717, 1.165) is 55.6 Å². The number of hydrogen-bond acceptors (Lipinski definition) is 3. The van der Waals surface area contributed by atoms with Crippen LogP contribution in [0.5, 0.6) is 0 Å². The van der Waals surface area contributed by atoms with Gasteiger partial charge >= 0.3 is 0 Å². The summed E-state index contributed by atoms with van der Waals surface area (Å²) in [6.07, 6.45) is 31.7. The molecule has 1 aliphatic heterocycles. The average molecular weight is 755 g/mol. The van der Waals surface area contributed by atoms with Crippen LogP contribution in [0.2, 0.25) is 0 Å². The van der Waals surface area contributed by atoms with Gasteiger partial charge in [-0.25, -0.2) is 0 Å². The van der Waals surface area contributed by atoms with E-state index in [-0.39, 0.29) is 5.92 Å². The van der Waals surface area contributed by atoms with Crippen molar-refractivity contribution in [1.29, 1.82) is 0 Å². The lowest BCUT2D eigenvalue weighted by atomic mass is 9.64. The smallest absolute Gasteiger partial charge is 0.0674 e. The first-order chi connectivity index (χ1) is 28.0. The molecule has 2 atom stereocenters. The fourth-order valence-electron chi connectivity index (χ4n) is 9.91. The number of rotatable bonds is 6. The minimum atomic E-state index is -0.563. The van der Waals surface area contributed by atoms with Crippen molar-refractivity contribution in [2.45, 2.75) is 57.3 Å². The first-order valence-electron chi connectivity index (χ1n) is 20.5. The Morgan fingerprint density at radius 2 is 1.65 bits per heavy atom. The van der Waals surface area contributed by atoms with Gasteiger partial charge < -0.3 is 0 Å². The van der Waals surface area contributed by atoms with Crippen molar-refractivity contribution >= 4 is 43.9 Å². The summed E-state index contributed by atoms with van der Waals surface area (Å²) in [4.78, 5) is 10.9. The lowest BCUT2D eigenvalue weighted by Crippen LogP contribution is -2.31. The monoisotopic (exact) mass is 754 g/mol. The van der Waals surface area contributed by atoms with Crippen molar-refractivity contribution in [2.75, 3.05) is 6.54 Å². The Kier molecular flexibility index (Phi) is 9.07. The number of fused-ring (bicyclic) bond motifs is 6. The second-order valence-electron chi connectivity index (χ2n) is 15.8. The van der Waals surface area contributed by atoms with E-state index in [9.17, 15) is 0 Å². The van der Waals surface area contributed by atoms with E-state index < -0.39 is 5.41 Å². The molecule has 0 amide bonds. The van der Waals surface area contributed by atoms with Crippen LogP contribution in [0.3, 0.4) is 0 Å². The number of dihydropyridines is 1. The number of pyridine rings is 1. The maximum Gasteiger partial charge on any atom is 0.0674 e. The van der Waals surface area contributed by atoms with Crippen molar-refractivity contribution in [3.63, 3.8) is 0 Å². The predicted molar refractivity (Wildman–Crippen MR) is 244 cm³/mol. The van der Waals surface area contributed by atoms with E-state index in [1.165, 1.54) is 81.8 Å². The van der Waals surface area contributed by atoms with Crippen molar-refractivity contribution in [3.8, 4) is 11.1 Å². The number of hydrogen-bond donors (Lipinski definition) is 0. The molecule has 0 bridgehead atoms. The summed E-state index contributed by atoms with van der Waals surface area (Å²) in [6.45, 7) is 10.6. The summed E-state index contributed by atoms with van der Waals surface area (Å²) in [6, 6.07) is 29.6. The molecule has 5 aromatic rings. The summed E-state index contributed by atoms with van der Waals surface area (Å²) >= 11 is 1.94. The number of benzene rings is 3. The van der Waals surface area contributed by atoms with Crippen LogP contribution in [0.25, 0.3) is 37.9 Å².